The Bertz CT molecular complexity index is 1190. The highest BCUT2D eigenvalue weighted by Crippen LogP contribution is 2.39. The number of hydrogen-bond acceptors (Lipinski definition) is 3. The van der Waals surface area contributed by atoms with E-state index in [-0.39, 0.29) is 22.2 Å². The van der Waals surface area contributed by atoms with Crippen LogP contribution in [0.5, 0.6) is 0 Å². The second kappa shape index (κ2) is 5.63. The number of nitrogens with zero attached hydrogens (tertiary/aromatic N) is 2. The lowest BCUT2D eigenvalue weighted by Gasteiger charge is -2.12. The largest absolute Gasteiger partial charge is 0.443 e. The Balaban J connectivity index is 2.19. The van der Waals surface area contributed by atoms with Crippen molar-refractivity contribution in [2.24, 2.45) is 0 Å². The van der Waals surface area contributed by atoms with Crippen molar-refractivity contribution in [2.75, 3.05) is 0 Å². The fraction of sp³-hybridized carbons (Fsp3) is 0.176. The van der Waals surface area contributed by atoms with Gasteiger partial charge < -0.3 is 14.0 Å². The maximum absolute atomic E-state index is 13.2. The van der Waals surface area contributed by atoms with Gasteiger partial charge in [-0.05, 0) is 24.6 Å². The minimum Gasteiger partial charge on any atom is -0.443 e. The molecule has 9 heteroatoms. The van der Waals surface area contributed by atoms with Crippen molar-refractivity contribution in [1.82, 2.24) is 14.5 Å². The van der Waals surface area contributed by atoms with E-state index in [1.54, 1.807) is 6.92 Å². The zero-order valence-corrected chi connectivity index (χ0v) is 14.1. The number of H-pyrrole nitrogens is 1. The first kappa shape index (κ1) is 16.7. The number of aryl methyl sites for hydroxylation is 1. The molecule has 0 aliphatic heterocycles. The van der Waals surface area contributed by atoms with Gasteiger partial charge in [0.1, 0.15) is 18.5 Å². The number of benzene rings is 1. The SMILES string of the molecule is Cc1c(-c2ncco2)n(CC(F)(F)F)c2ccc3[nH]c(=O)cc(Cl)c3c12. The third kappa shape index (κ3) is 2.57. The molecule has 4 aromatic rings. The fourth-order valence-corrected chi connectivity index (χ4v) is 3.60. The molecule has 0 radical (unpaired) electrons. The van der Waals surface area contributed by atoms with Gasteiger partial charge >= 0.3 is 6.18 Å². The Kier molecular flexibility index (Phi) is 3.62. The van der Waals surface area contributed by atoms with E-state index < -0.39 is 12.7 Å². The molecule has 0 aliphatic carbocycles. The van der Waals surface area contributed by atoms with Crippen molar-refractivity contribution < 1.29 is 17.6 Å². The van der Waals surface area contributed by atoms with Crippen molar-refractivity contribution in [3.05, 3.63) is 51.6 Å². The number of pyridine rings is 1. The maximum Gasteiger partial charge on any atom is 0.406 e. The molecule has 3 heterocycles. The van der Waals surface area contributed by atoms with Gasteiger partial charge in [-0.15, -0.1) is 0 Å². The monoisotopic (exact) mass is 381 g/mol. The fourth-order valence-electron chi connectivity index (χ4n) is 3.31. The molecule has 5 nitrogen and oxygen atoms in total. The molecule has 0 aliphatic rings. The molecule has 134 valence electrons. The van der Waals surface area contributed by atoms with E-state index in [0.717, 1.165) is 4.57 Å². The summed E-state index contributed by atoms with van der Waals surface area (Å²) < 4.78 is 46.0. The lowest BCUT2D eigenvalue weighted by Crippen LogP contribution is -2.18. The minimum absolute atomic E-state index is 0.0802. The van der Waals surface area contributed by atoms with Crippen molar-refractivity contribution in [2.45, 2.75) is 19.6 Å². The summed E-state index contributed by atoms with van der Waals surface area (Å²) in [4.78, 5) is 18.3. The van der Waals surface area contributed by atoms with Crippen LogP contribution < -0.4 is 5.56 Å². The Hall–Kier alpha value is -2.74. The minimum atomic E-state index is -4.44. The Morgan fingerprint density at radius 2 is 2.08 bits per heavy atom. The average molecular weight is 382 g/mol. The summed E-state index contributed by atoms with van der Waals surface area (Å²) in [6.45, 7) is 0.469. The van der Waals surface area contributed by atoms with Crippen LogP contribution in [0.15, 0.2) is 39.9 Å². The second-order valence-corrected chi connectivity index (χ2v) is 6.28. The van der Waals surface area contributed by atoms with Crippen LogP contribution in [-0.4, -0.2) is 20.7 Å². The second-order valence-electron chi connectivity index (χ2n) is 5.88. The summed E-state index contributed by atoms with van der Waals surface area (Å²) in [5.74, 6) is 0.0802. The number of aromatic amines is 1. The molecular formula is C17H11ClF3N3O2. The molecule has 26 heavy (non-hydrogen) atoms. The van der Waals surface area contributed by atoms with Gasteiger partial charge in [-0.3, -0.25) is 4.79 Å². The van der Waals surface area contributed by atoms with Gasteiger partial charge in [-0.1, -0.05) is 11.6 Å². The number of halogens is 4. The van der Waals surface area contributed by atoms with E-state index in [9.17, 15) is 18.0 Å². The lowest BCUT2D eigenvalue weighted by atomic mass is 10.1. The number of alkyl halides is 3. The quantitative estimate of drug-likeness (QED) is 0.549. The Morgan fingerprint density at radius 1 is 1.31 bits per heavy atom. The molecule has 1 aromatic carbocycles. The molecule has 0 saturated heterocycles. The maximum atomic E-state index is 13.2. The van der Waals surface area contributed by atoms with Gasteiger partial charge in [0.25, 0.3) is 0 Å². The van der Waals surface area contributed by atoms with E-state index >= 15 is 0 Å². The zero-order valence-electron chi connectivity index (χ0n) is 13.3. The number of fused-ring (bicyclic) bond motifs is 3. The third-order valence-corrected chi connectivity index (χ3v) is 4.50. The van der Waals surface area contributed by atoms with Gasteiger partial charge in [-0.25, -0.2) is 4.98 Å². The van der Waals surface area contributed by atoms with Gasteiger partial charge in [0.05, 0.1) is 22.3 Å². The van der Waals surface area contributed by atoms with Crippen LogP contribution in [0.3, 0.4) is 0 Å². The summed E-state index contributed by atoms with van der Waals surface area (Å²) in [5.41, 5.74) is 1.14. The van der Waals surface area contributed by atoms with Crippen molar-refractivity contribution in [1.29, 1.82) is 0 Å². The smallest absolute Gasteiger partial charge is 0.406 e. The van der Waals surface area contributed by atoms with E-state index in [2.05, 4.69) is 9.97 Å². The van der Waals surface area contributed by atoms with Crippen LogP contribution in [0.1, 0.15) is 5.56 Å². The molecule has 3 aromatic heterocycles. The van der Waals surface area contributed by atoms with E-state index in [0.29, 0.717) is 27.4 Å². The first-order valence-corrected chi connectivity index (χ1v) is 7.95. The summed E-state index contributed by atoms with van der Waals surface area (Å²) in [7, 11) is 0. The van der Waals surface area contributed by atoms with Gasteiger partial charge in [0.15, 0.2) is 0 Å². The molecule has 1 N–H and O–H groups in total. The molecule has 0 bridgehead atoms. The zero-order chi connectivity index (χ0) is 18.6. The molecular weight excluding hydrogens is 371 g/mol. The lowest BCUT2D eigenvalue weighted by molar-refractivity contribution is -0.139. The number of nitrogens with one attached hydrogen (secondary N) is 1. The molecule has 0 atom stereocenters. The van der Waals surface area contributed by atoms with Crippen LogP contribution >= 0.6 is 11.6 Å². The topological polar surface area (TPSA) is 63.8 Å². The van der Waals surface area contributed by atoms with E-state index in [4.69, 9.17) is 16.0 Å². The van der Waals surface area contributed by atoms with Gasteiger partial charge in [0.2, 0.25) is 11.4 Å². The molecule has 0 unspecified atom stereocenters. The van der Waals surface area contributed by atoms with Crippen LogP contribution in [-0.2, 0) is 6.54 Å². The predicted octanol–water partition coefficient (Wildman–Crippen LogP) is 4.66. The van der Waals surface area contributed by atoms with Crippen LogP contribution in [0.2, 0.25) is 5.02 Å². The molecule has 0 spiro atoms. The molecule has 4 rings (SSSR count). The summed E-state index contributed by atoms with van der Waals surface area (Å²) >= 11 is 6.24. The number of hydrogen-bond donors (Lipinski definition) is 1. The Labute approximate surface area is 149 Å². The summed E-state index contributed by atoms with van der Waals surface area (Å²) in [6.07, 6.45) is -1.77. The first-order valence-electron chi connectivity index (χ1n) is 7.57. The molecule has 0 fully saturated rings. The summed E-state index contributed by atoms with van der Waals surface area (Å²) in [5, 5.41) is 1.16. The number of rotatable bonds is 2. The standard InChI is InChI=1S/C17H11ClF3N3O2/c1-8-13-11(3-2-10-14(13)9(18)6-12(25)23-10)24(7-17(19,20)21)15(8)16-22-4-5-26-16/h2-6H,7H2,1H3,(H,23,25). The van der Waals surface area contributed by atoms with Gasteiger partial charge in [-0.2, -0.15) is 13.2 Å². The van der Waals surface area contributed by atoms with Crippen molar-refractivity contribution in [3.8, 4) is 11.6 Å². The number of aromatic nitrogens is 3. The van der Waals surface area contributed by atoms with E-state index in [1.807, 2.05) is 0 Å². The normalized spacial score (nSPS) is 12.3. The Morgan fingerprint density at radius 3 is 2.73 bits per heavy atom. The van der Waals surface area contributed by atoms with Crippen LogP contribution in [0.4, 0.5) is 13.2 Å². The average Bonchev–Trinajstić information content (AvgIpc) is 3.13. The molecule has 0 saturated carbocycles. The highest BCUT2D eigenvalue weighted by atomic mass is 35.5. The highest BCUT2D eigenvalue weighted by Gasteiger charge is 2.32. The van der Waals surface area contributed by atoms with Crippen molar-refractivity contribution in [3.63, 3.8) is 0 Å². The van der Waals surface area contributed by atoms with Crippen molar-refractivity contribution >= 4 is 33.4 Å². The first-order chi connectivity index (χ1) is 12.3. The summed E-state index contributed by atoms with van der Waals surface area (Å²) in [6, 6.07) is 4.26. The third-order valence-electron chi connectivity index (χ3n) is 4.20. The van der Waals surface area contributed by atoms with Crippen LogP contribution in [0.25, 0.3) is 33.4 Å². The van der Waals surface area contributed by atoms with Crippen LogP contribution in [0, 0.1) is 6.92 Å². The number of oxazole rings is 1. The predicted molar refractivity (Wildman–Crippen MR) is 91.4 cm³/mol. The van der Waals surface area contributed by atoms with E-state index in [1.165, 1.54) is 30.7 Å². The highest BCUT2D eigenvalue weighted by molar-refractivity contribution is 6.37. The molecule has 0 amide bonds. The van der Waals surface area contributed by atoms with Gasteiger partial charge in [0, 0.05) is 16.8 Å².